The number of thiophene rings is 1. The second-order valence-corrected chi connectivity index (χ2v) is 8.91. The van der Waals surface area contributed by atoms with Gasteiger partial charge in [-0.05, 0) is 78.0 Å². The van der Waals surface area contributed by atoms with E-state index >= 15 is 0 Å². The molecule has 6 heteroatoms. The summed E-state index contributed by atoms with van der Waals surface area (Å²) >= 11 is 11.4. The third kappa shape index (κ3) is 2.89. The van der Waals surface area contributed by atoms with Crippen LogP contribution in [0.4, 0.5) is 5.82 Å². The summed E-state index contributed by atoms with van der Waals surface area (Å²) in [6, 6.07) is 10.2. The summed E-state index contributed by atoms with van der Waals surface area (Å²) in [4.78, 5) is 1.20. The molecule has 24 heavy (non-hydrogen) atoms. The molecule has 0 amide bonds. The zero-order chi connectivity index (χ0) is 16.7. The predicted octanol–water partition coefficient (Wildman–Crippen LogP) is 6.07. The zero-order valence-corrected chi connectivity index (χ0v) is 16.4. The Morgan fingerprint density at radius 2 is 2.12 bits per heavy atom. The van der Waals surface area contributed by atoms with E-state index in [1.165, 1.54) is 23.3 Å². The topological polar surface area (TPSA) is 29.9 Å². The first-order valence-corrected chi connectivity index (χ1v) is 10.0. The smallest absolute Gasteiger partial charge is 0.133 e. The lowest BCUT2D eigenvalue weighted by Gasteiger charge is -2.11. The quantitative estimate of drug-likeness (QED) is 0.543. The number of benzene rings is 1. The number of fused-ring (bicyclic) bond motifs is 1. The van der Waals surface area contributed by atoms with Crippen molar-refractivity contribution < 1.29 is 0 Å². The second kappa shape index (κ2) is 6.54. The zero-order valence-electron chi connectivity index (χ0n) is 13.3. The van der Waals surface area contributed by atoms with Gasteiger partial charge in [0.25, 0.3) is 0 Å². The van der Waals surface area contributed by atoms with Crippen molar-refractivity contribution in [3.05, 3.63) is 50.3 Å². The molecule has 2 aromatic heterocycles. The van der Waals surface area contributed by atoms with Crippen LogP contribution in [0, 0.1) is 6.92 Å². The minimum Gasteiger partial charge on any atom is -0.370 e. The molecule has 0 bridgehead atoms. The number of anilines is 1. The average Bonchev–Trinajstić information content (AvgIpc) is 3.03. The second-order valence-electron chi connectivity index (χ2n) is 6.01. The Bertz CT molecular complexity index is 900. The van der Waals surface area contributed by atoms with Gasteiger partial charge in [-0.25, -0.2) is 4.68 Å². The van der Waals surface area contributed by atoms with Crippen LogP contribution in [0.3, 0.4) is 0 Å². The summed E-state index contributed by atoms with van der Waals surface area (Å²) < 4.78 is 3.18. The number of nitrogens with one attached hydrogen (secondary N) is 1. The molecule has 3 aromatic rings. The Balaban J connectivity index is 1.92. The monoisotopic (exact) mass is 421 g/mol. The molecule has 0 fully saturated rings. The number of rotatable bonds is 2. The first-order valence-electron chi connectivity index (χ1n) is 8.01. The summed E-state index contributed by atoms with van der Waals surface area (Å²) in [5.41, 5.74) is 4.60. The number of nitrogens with zero attached hydrogens (tertiary/aromatic N) is 2. The van der Waals surface area contributed by atoms with Gasteiger partial charge in [0.05, 0.1) is 14.4 Å². The van der Waals surface area contributed by atoms with Crippen molar-refractivity contribution in [1.29, 1.82) is 0 Å². The fourth-order valence-electron chi connectivity index (χ4n) is 3.17. The van der Waals surface area contributed by atoms with Gasteiger partial charge in [-0.15, -0.1) is 11.3 Å². The van der Waals surface area contributed by atoms with E-state index in [1.54, 1.807) is 11.3 Å². The van der Waals surface area contributed by atoms with Gasteiger partial charge in [0.1, 0.15) is 11.5 Å². The number of aryl methyl sites for hydroxylation is 1. The SMILES string of the molecule is Cc1cc(Cl)ccc1-n1nc(-c2ccc(Br)s2)c2c1NCCCC2. The molecule has 0 saturated heterocycles. The molecular weight excluding hydrogens is 406 g/mol. The van der Waals surface area contributed by atoms with E-state index in [0.717, 1.165) is 44.5 Å². The van der Waals surface area contributed by atoms with E-state index in [9.17, 15) is 0 Å². The summed E-state index contributed by atoms with van der Waals surface area (Å²) in [5, 5.41) is 9.32. The van der Waals surface area contributed by atoms with Crippen LogP contribution in [-0.2, 0) is 6.42 Å². The van der Waals surface area contributed by atoms with Crippen LogP contribution in [0.2, 0.25) is 5.02 Å². The maximum absolute atomic E-state index is 6.13. The van der Waals surface area contributed by atoms with Crippen molar-refractivity contribution >= 4 is 44.7 Å². The van der Waals surface area contributed by atoms with E-state index in [4.69, 9.17) is 16.7 Å². The fraction of sp³-hybridized carbons (Fsp3) is 0.278. The minimum absolute atomic E-state index is 0.755. The molecule has 0 atom stereocenters. The molecule has 0 saturated carbocycles. The highest BCUT2D eigenvalue weighted by molar-refractivity contribution is 9.11. The lowest BCUT2D eigenvalue weighted by Crippen LogP contribution is -2.08. The van der Waals surface area contributed by atoms with Crippen molar-refractivity contribution in [3.63, 3.8) is 0 Å². The van der Waals surface area contributed by atoms with Crippen LogP contribution in [0.5, 0.6) is 0 Å². The van der Waals surface area contributed by atoms with Crippen LogP contribution in [0.1, 0.15) is 24.0 Å². The van der Waals surface area contributed by atoms with Gasteiger partial charge >= 0.3 is 0 Å². The van der Waals surface area contributed by atoms with E-state index in [0.29, 0.717) is 0 Å². The van der Waals surface area contributed by atoms with Crippen LogP contribution in [-0.4, -0.2) is 16.3 Å². The van der Waals surface area contributed by atoms with E-state index in [-0.39, 0.29) is 0 Å². The van der Waals surface area contributed by atoms with Crippen LogP contribution in [0.15, 0.2) is 34.1 Å². The van der Waals surface area contributed by atoms with Gasteiger partial charge in [-0.2, -0.15) is 5.10 Å². The van der Waals surface area contributed by atoms with Crippen LogP contribution >= 0.6 is 38.9 Å². The van der Waals surface area contributed by atoms with Gasteiger partial charge in [0, 0.05) is 17.1 Å². The molecule has 1 N–H and O–H groups in total. The fourth-order valence-corrected chi connectivity index (χ4v) is 4.80. The number of aromatic nitrogens is 2. The molecule has 3 nitrogen and oxygen atoms in total. The van der Waals surface area contributed by atoms with Crippen molar-refractivity contribution in [1.82, 2.24) is 9.78 Å². The normalized spacial score (nSPS) is 14.1. The number of hydrogen-bond acceptors (Lipinski definition) is 3. The van der Waals surface area contributed by atoms with E-state index in [1.807, 2.05) is 18.2 Å². The Morgan fingerprint density at radius 3 is 2.88 bits per heavy atom. The van der Waals surface area contributed by atoms with Crippen LogP contribution in [0.25, 0.3) is 16.3 Å². The highest BCUT2D eigenvalue weighted by Crippen LogP contribution is 2.38. The molecule has 1 aliphatic heterocycles. The van der Waals surface area contributed by atoms with Crippen molar-refractivity contribution in [2.75, 3.05) is 11.9 Å². The standard InChI is InChI=1S/C18H17BrClN3S/c1-11-10-12(20)5-6-14(11)23-18-13(4-2-3-9-21-18)17(22-23)15-7-8-16(19)24-15/h5-8,10,21H,2-4,9H2,1H3. The Kier molecular flexibility index (Phi) is 4.41. The van der Waals surface area contributed by atoms with E-state index in [2.05, 4.69) is 45.0 Å². The van der Waals surface area contributed by atoms with Crippen molar-refractivity contribution in [2.45, 2.75) is 26.2 Å². The summed E-state index contributed by atoms with van der Waals surface area (Å²) in [6.45, 7) is 3.06. The largest absolute Gasteiger partial charge is 0.370 e. The van der Waals surface area contributed by atoms with Gasteiger partial charge in [0.15, 0.2) is 0 Å². The first kappa shape index (κ1) is 16.2. The van der Waals surface area contributed by atoms with Crippen molar-refractivity contribution in [3.8, 4) is 16.3 Å². The highest BCUT2D eigenvalue weighted by atomic mass is 79.9. The molecule has 0 unspecified atom stereocenters. The van der Waals surface area contributed by atoms with Gasteiger partial charge in [-0.1, -0.05) is 11.6 Å². The molecule has 1 aromatic carbocycles. The van der Waals surface area contributed by atoms with Gasteiger partial charge in [-0.3, -0.25) is 0 Å². The number of halogens is 2. The highest BCUT2D eigenvalue weighted by Gasteiger charge is 2.23. The minimum atomic E-state index is 0.755. The van der Waals surface area contributed by atoms with Crippen LogP contribution < -0.4 is 5.32 Å². The Morgan fingerprint density at radius 1 is 1.25 bits per heavy atom. The molecular formula is C18H17BrClN3S. The lowest BCUT2D eigenvalue weighted by atomic mass is 10.1. The molecule has 0 radical (unpaired) electrons. The average molecular weight is 423 g/mol. The van der Waals surface area contributed by atoms with Gasteiger partial charge < -0.3 is 5.32 Å². The molecule has 0 spiro atoms. The van der Waals surface area contributed by atoms with Gasteiger partial charge in [0.2, 0.25) is 0 Å². The van der Waals surface area contributed by atoms with E-state index < -0.39 is 0 Å². The molecule has 124 valence electrons. The summed E-state index contributed by atoms with van der Waals surface area (Å²) in [5.74, 6) is 1.12. The first-order chi connectivity index (χ1) is 11.6. The number of hydrogen-bond donors (Lipinski definition) is 1. The maximum Gasteiger partial charge on any atom is 0.133 e. The maximum atomic E-state index is 6.13. The molecule has 4 rings (SSSR count). The molecule has 3 heterocycles. The lowest BCUT2D eigenvalue weighted by molar-refractivity contribution is 0.780. The predicted molar refractivity (Wildman–Crippen MR) is 106 cm³/mol. The Labute approximate surface area is 158 Å². The van der Waals surface area contributed by atoms with Crippen molar-refractivity contribution in [2.24, 2.45) is 0 Å². The molecule has 1 aliphatic rings. The summed E-state index contributed by atoms with van der Waals surface area (Å²) in [7, 11) is 0. The third-order valence-corrected chi connectivity index (χ3v) is 6.19. The third-order valence-electron chi connectivity index (χ3n) is 4.32. The summed E-state index contributed by atoms with van der Waals surface area (Å²) in [6.07, 6.45) is 3.42. The Hall–Kier alpha value is -1.30. The molecule has 0 aliphatic carbocycles.